The quantitative estimate of drug-likeness (QED) is 0.797. The van der Waals surface area contributed by atoms with E-state index < -0.39 is 0 Å². The van der Waals surface area contributed by atoms with Crippen molar-refractivity contribution in [2.24, 2.45) is 0 Å². The first kappa shape index (κ1) is 16.4. The number of aromatic nitrogens is 2. The van der Waals surface area contributed by atoms with Crippen LogP contribution in [0.3, 0.4) is 0 Å². The molecule has 0 spiro atoms. The smallest absolute Gasteiger partial charge is 0.251 e. The van der Waals surface area contributed by atoms with E-state index in [0.717, 1.165) is 0 Å². The first-order valence-electron chi connectivity index (χ1n) is 7.65. The lowest BCUT2D eigenvalue weighted by molar-refractivity contribution is 0.0951. The maximum Gasteiger partial charge on any atom is 0.251 e. The van der Waals surface area contributed by atoms with Crippen LogP contribution in [0.5, 0.6) is 0 Å². The Morgan fingerprint density at radius 1 is 1.28 bits per heavy atom. The fraction of sp³-hybridized carbons (Fsp3) is 0.105. The van der Waals surface area contributed by atoms with Gasteiger partial charge in [-0.15, -0.1) is 0 Å². The van der Waals surface area contributed by atoms with Crippen LogP contribution in [0.4, 0.5) is 4.39 Å². The van der Waals surface area contributed by atoms with Gasteiger partial charge in [0.05, 0.1) is 17.3 Å². The SMILES string of the molecule is Cc1nccn1-c1ccc(CNC(=O)c2ccc(C#N)cc2)cc1F. The van der Waals surface area contributed by atoms with E-state index in [1.807, 2.05) is 6.07 Å². The van der Waals surface area contributed by atoms with Crippen molar-refractivity contribution in [2.45, 2.75) is 13.5 Å². The Labute approximate surface area is 144 Å². The van der Waals surface area contributed by atoms with Crippen molar-refractivity contribution in [3.8, 4) is 11.8 Å². The lowest BCUT2D eigenvalue weighted by Crippen LogP contribution is -2.22. The molecule has 3 rings (SSSR count). The van der Waals surface area contributed by atoms with Crippen LogP contribution in [-0.4, -0.2) is 15.5 Å². The van der Waals surface area contributed by atoms with Crippen LogP contribution in [0.1, 0.15) is 27.3 Å². The molecule has 0 aliphatic heterocycles. The molecule has 1 heterocycles. The van der Waals surface area contributed by atoms with Crippen LogP contribution in [-0.2, 0) is 6.54 Å². The highest BCUT2D eigenvalue weighted by molar-refractivity contribution is 5.94. The summed E-state index contributed by atoms with van der Waals surface area (Å²) in [5, 5.41) is 11.5. The van der Waals surface area contributed by atoms with E-state index in [9.17, 15) is 9.18 Å². The van der Waals surface area contributed by atoms with Crippen molar-refractivity contribution in [3.05, 3.63) is 83.2 Å². The molecule has 0 radical (unpaired) electrons. The standard InChI is InChI=1S/C19H15FN4O/c1-13-22-8-9-24(13)18-7-4-15(10-17(18)20)12-23-19(25)16-5-2-14(11-21)3-6-16/h2-10H,12H2,1H3,(H,23,25). The normalized spacial score (nSPS) is 10.3. The zero-order valence-corrected chi connectivity index (χ0v) is 13.5. The van der Waals surface area contributed by atoms with Crippen molar-refractivity contribution in [2.75, 3.05) is 0 Å². The Kier molecular flexibility index (Phi) is 4.57. The molecule has 2 aromatic carbocycles. The van der Waals surface area contributed by atoms with E-state index in [4.69, 9.17) is 5.26 Å². The Morgan fingerprint density at radius 3 is 2.64 bits per heavy atom. The molecule has 0 aliphatic rings. The van der Waals surface area contributed by atoms with Gasteiger partial charge in [0.15, 0.2) is 0 Å². The molecule has 6 heteroatoms. The van der Waals surface area contributed by atoms with Crippen molar-refractivity contribution >= 4 is 5.91 Å². The highest BCUT2D eigenvalue weighted by atomic mass is 19.1. The summed E-state index contributed by atoms with van der Waals surface area (Å²) in [6.45, 7) is 2.00. The van der Waals surface area contributed by atoms with Gasteiger partial charge < -0.3 is 9.88 Å². The van der Waals surface area contributed by atoms with Gasteiger partial charge in [0, 0.05) is 24.5 Å². The fourth-order valence-electron chi connectivity index (χ4n) is 2.47. The molecule has 0 unspecified atom stereocenters. The Morgan fingerprint density at radius 2 is 2.04 bits per heavy atom. The summed E-state index contributed by atoms with van der Waals surface area (Å²) < 4.78 is 16.0. The van der Waals surface area contributed by atoms with Crippen LogP contribution in [0.25, 0.3) is 5.69 Å². The lowest BCUT2D eigenvalue weighted by Gasteiger charge is -2.10. The van der Waals surface area contributed by atoms with E-state index >= 15 is 0 Å². The number of hydrogen-bond donors (Lipinski definition) is 1. The topological polar surface area (TPSA) is 70.7 Å². The highest BCUT2D eigenvalue weighted by Crippen LogP contribution is 2.17. The minimum atomic E-state index is -0.383. The number of nitriles is 1. The predicted octanol–water partition coefficient (Wildman–Crippen LogP) is 3.12. The second-order valence-corrected chi connectivity index (χ2v) is 5.50. The van der Waals surface area contributed by atoms with Crippen LogP contribution < -0.4 is 5.32 Å². The van der Waals surface area contributed by atoms with Gasteiger partial charge in [0.25, 0.3) is 5.91 Å². The first-order valence-corrected chi connectivity index (χ1v) is 7.65. The van der Waals surface area contributed by atoms with Gasteiger partial charge in [0.1, 0.15) is 11.6 Å². The molecule has 3 aromatic rings. The molecule has 0 fully saturated rings. The molecule has 25 heavy (non-hydrogen) atoms. The number of benzene rings is 2. The molecule has 0 saturated carbocycles. The number of nitrogens with one attached hydrogen (secondary N) is 1. The number of amides is 1. The largest absolute Gasteiger partial charge is 0.348 e. The maximum atomic E-state index is 14.3. The minimum absolute atomic E-state index is 0.207. The number of nitrogens with zero attached hydrogens (tertiary/aromatic N) is 3. The van der Waals surface area contributed by atoms with Gasteiger partial charge in [-0.05, 0) is 48.9 Å². The third kappa shape index (κ3) is 3.56. The molecule has 1 aromatic heterocycles. The van der Waals surface area contributed by atoms with Crippen LogP contribution >= 0.6 is 0 Å². The predicted molar refractivity (Wildman–Crippen MR) is 90.6 cm³/mol. The van der Waals surface area contributed by atoms with E-state index in [0.29, 0.717) is 28.2 Å². The van der Waals surface area contributed by atoms with Crippen molar-refractivity contribution in [1.82, 2.24) is 14.9 Å². The third-order valence-corrected chi connectivity index (χ3v) is 3.83. The summed E-state index contributed by atoms with van der Waals surface area (Å²) in [6, 6.07) is 13.1. The molecule has 0 aliphatic carbocycles. The number of carbonyl (C=O) groups is 1. The number of rotatable bonds is 4. The molecule has 0 atom stereocenters. The molecule has 0 saturated heterocycles. The fourth-order valence-corrected chi connectivity index (χ4v) is 2.47. The summed E-state index contributed by atoms with van der Waals surface area (Å²) in [6.07, 6.45) is 3.31. The minimum Gasteiger partial charge on any atom is -0.348 e. The van der Waals surface area contributed by atoms with E-state index in [1.165, 1.54) is 6.07 Å². The van der Waals surface area contributed by atoms with E-state index in [-0.39, 0.29) is 18.3 Å². The molecule has 5 nitrogen and oxygen atoms in total. The van der Waals surface area contributed by atoms with Gasteiger partial charge in [-0.3, -0.25) is 4.79 Å². The average molecular weight is 334 g/mol. The first-order chi connectivity index (χ1) is 12.1. The number of aryl methyl sites for hydroxylation is 1. The van der Waals surface area contributed by atoms with Crippen molar-refractivity contribution < 1.29 is 9.18 Å². The zero-order chi connectivity index (χ0) is 17.8. The second-order valence-electron chi connectivity index (χ2n) is 5.50. The number of imidazole rings is 1. The summed E-state index contributed by atoms with van der Waals surface area (Å²) in [4.78, 5) is 16.2. The van der Waals surface area contributed by atoms with Gasteiger partial charge in [-0.2, -0.15) is 5.26 Å². The Hall–Kier alpha value is -3.46. The molecule has 0 bridgehead atoms. The number of carbonyl (C=O) groups excluding carboxylic acids is 1. The van der Waals surface area contributed by atoms with E-state index in [1.54, 1.807) is 60.3 Å². The second kappa shape index (κ2) is 6.97. The molecule has 1 amide bonds. The third-order valence-electron chi connectivity index (χ3n) is 3.83. The summed E-state index contributed by atoms with van der Waals surface area (Å²) in [5.74, 6) is 0.0337. The van der Waals surface area contributed by atoms with Crippen molar-refractivity contribution in [3.63, 3.8) is 0 Å². The highest BCUT2D eigenvalue weighted by Gasteiger charge is 2.09. The number of halogens is 1. The van der Waals surface area contributed by atoms with Crippen molar-refractivity contribution in [1.29, 1.82) is 5.26 Å². The summed E-state index contributed by atoms with van der Waals surface area (Å²) in [7, 11) is 0. The van der Waals surface area contributed by atoms with Gasteiger partial charge in [0.2, 0.25) is 0 Å². The summed E-state index contributed by atoms with van der Waals surface area (Å²) in [5.41, 5.74) is 2.01. The van der Waals surface area contributed by atoms with Crippen LogP contribution in [0.2, 0.25) is 0 Å². The summed E-state index contributed by atoms with van der Waals surface area (Å²) >= 11 is 0. The van der Waals surface area contributed by atoms with Crippen LogP contribution in [0, 0.1) is 24.1 Å². The van der Waals surface area contributed by atoms with Gasteiger partial charge in [-0.1, -0.05) is 6.07 Å². The molecular formula is C19H15FN4O. The lowest BCUT2D eigenvalue weighted by atomic mass is 10.1. The Bertz CT molecular complexity index is 954. The molecule has 1 N–H and O–H groups in total. The van der Waals surface area contributed by atoms with E-state index in [2.05, 4.69) is 10.3 Å². The van der Waals surface area contributed by atoms with Crippen LogP contribution in [0.15, 0.2) is 54.9 Å². The maximum absolute atomic E-state index is 14.3. The average Bonchev–Trinajstić information content (AvgIpc) is 3.05. The monoisotopic (exact) mass is 334 g/mol. The molecular weight excluding hydrogens is 319 g/mol. The number of hydrogen-bond acceptors (Lipinski definition) is 3. The Balaban J connectivity index is 1.69. The van der Waals surface area contributed by atoms with Gasteiger partial charge in [-0.25, -0.2) is 9.37 Å². The van der Waals surface area contributed by atoms with Gasteiger partial charge >= 0.3 is 0 Å². The zero-order valence-electron chi connectivity index (χ0n) is 13.5. The molecule has 124 valence electrons.